The Labute approximate surface area is 167 Å². The highest BCUT2D eigenvalue weighted by atomic mass is 32.1. The molecule has 2 aromatic rings. The third-order valence-corrected chi connectivity index (χ3v) is 5.17. The molecular weight excluding hydrogens is 356 g/mol. The Morgan fingerprint density at radius 2 is 1.67 bits per heavy atom. The molecule has 4 nitrogen and oxygen atoms in total. The lowest BCUT2D eigenvalue weighted by atomic mass is 10.0. The van der Waals surface area contributed by atoms with Gasteiger partial charge in [0.05, 0.1) is 19.3 Å². The molecule has 0 aromatic heterocycles. The van der Waals surface area contributed by atoms with Crippen LogP contribution in [0.4, 0.5) is 5.69 Å². The maximum Gasteiger partial charge on any atom is 0.171 e. The first-order valence-corrected chi connectivity index (χ1v) is 10.1. The van der Waals surface area contributed by atoms with E-state index in [1.165, 1.54) is 18.4 Å². The molecule has 1 aliphatic carbocycles. The van der Waals surface area contributed by atoms with Crippen LogP contribution >= 0.6 is 12.2 Å². The van der Waals surface area contributed by atoms with Crippen LogP contribution in [0.1, 0.15) is 50.6 Å². The van der Waals surface area contributed by atoms with Gasteiger partial charge in [-0.25, -0.2) is 0 Å². The SMILES string of the molecule is CC[C@@H](NC(=S)Nc1ccc(OC2CCCC2)cc1)c1ccc(OC)cc1. The minimum absolute atomic E-state index is 0.154. The Balaban J connectivity index is 1.53. The largest absolute Gasteiger partial charge is 0.497 e. The summed E-state index contributed by atoms with van der Waals surface area (Å²) >= 11 is 5.50. The molecule has 0 heterocycles. The number of hydrogen-bond donors (Lipinski definition) is 2. The van der Waals surface area contributed by atoms with Crippen LogP contribution in [0, 0.1) is 0 Å². The van der Waals surface area contributed by atoms with Gasteiger partial charge in [-0.2, -0.15) is 0 Å². The van der Waals surface area contributed by atoms with Crippen molar-refractivity contribution in [1.29, 1.82) is 0 Å². The molecule has 0 saturated heterocycles. The summed E-state index contributed by atoms with van der Waals surface area (Å²) < 4.78 is 11.2. The van der Waals surface area contributed by atoms with Crippen LogP contribution < -0.4 is 20.1 Å². The van der Waals surface area contributed by atoms with Crippen molar-refractivity contribution in [2.24, 2.45) is 0 Å². The molecular formula is C22H28N2O2S. The molecule has 0 bridgehead atoms. The summed E-state index contributed by atoms with van der Waals surface area (Å²) in [6.07, 6.45) is 6.19. The Kier molecular flexibility index (Phi) is 6.93. The van der Waals surface area contributed by atoms with Gasteiger partial charge >= 0.3 is 0 Å². The topological polar surface area (TPSA) is 42.5 Å². The minimum Gasteiger partial charge on any atom is -0.497 e. The van der Waals surface area contributed by atoms with E-state index in [2.05, 4.69) is 29.7 Å². The zero-order valence-electron chi connectivity index (χ0n) is 16.0. The summed E-state index contributed by atoms with van der Waals surface area (Å²) in [6.45, 7) is 2.14. The molecule has 0 amide bonds. The number of ether oxygens (including phenoxy) is 2. The quantitative estimate of drug-likeness (QED) is 0.621. The van der Waals surface area contributed by atoms with Crippen LogP contribution in [0.3, 0.4) is 0 Å². The van der Waals surface area contributed by atoms with E-state index in [1.54, 1.807) is 7.11 Å². The van der Waals surface area contributed by atoms with Crippen molar-refractivity contribution >= 4 is 23.0 Å². The second-order valence-corrected chi connectivity index (χ2v) is 7.29. The molecule has 1 aliphatic rings. The van der Waals surface area contributed by atoms with E-state index < -0.39 is 0 Å². The molecule has 5 heteroatoms. The zero-order chi connectivity index (χ0) is 19.1. The predicted molar refractivity (Wildman–Crippen MR) is 115 cm³/mol. The van der Waals surface area contributed by atoms with Gasteiger partial charge in [0, 0.05) is 5.69 Å². The number of thiocarbonyl (C=S) groups is 1. The smallest absolute Gasteiger partial charge is 0.171 e. The van der Waals surface area contributed by atoms with Gasteiger partial charge < -0.3 is 20.1 Å². The average molecular weight is 385 g/mol. The summed E-state index contributed by atoms with van der Waals surface area (Å²) in [7, 11) is 1.67. The van der Waals surface area contributed by atoms with E-state index >= 15 is 0 Å². The van der Waals surface area contributed by atoms with Crippen LogP contribution in [0.25, 0.3) is 0 Å². The van der Waals surface area contributed by atoms with Crippen LogP contribution in [0.5, 0.6) is 11.5 Å². The summed E-state index contributed by atoms with van der Waals surface area (Å²) in [5.41, 5.74) is 2.14. The molecule has 1 atom stereocenters. The third kappa shape index (κ3) is 5.60. The van der Waals surface area contributed by atoms with Crippen molar-refractivity contribution in [3.05, 3.63) is 54.1 Å². The van der Waals surface area contributed by atoms with E-state index in [0.717, 1.165) is 36.4 Å². The minimum atomic E-state index is 0.154. The van der Waals surface area contributed by atoms with E-state index in [9.17, 15) is 0 Å². The fraction of sp³-hybridized carbons (Fsp3) is 0.409. The lowest BCUT2D eigenvalue weighted by Gasteiger charge is -2.20. The van der Waals surface area contributed by atoms with Crippen molar-refractivity contribution in [3.8, 4) is 11.5 Å². The summed E-state index contributed by atoms with van der Waals surface area (Å²) in [5, 5.41) is 7.26. The monoisotopic (exact) mass is 384 g/mol. The Bertz CT molecular complexity index is 725. The first-order chi connectivity index (χ1) is 13.2. The molecule has 0 spiro atoms. The van der Waals surface area contributed by atoms with Crippen molar-refractivity contribution < 1.29 is 9.47 Å². The van der Waals surface area contributed by atoms with Gasteiger partial charge in [-0.3, -0.25) is 0 Å². The molecule has 0 radical (unpaired) electrons. The van der Waals surface area contributed by atoms with Crippen LogP contribution in [0.15, 0.2) is 48.5 Å². The molecule has 1 saturated carbocycles. The molecule has 27 heavy (non-hydrogen) atoms. The first-order valence-electron chi connectivity index (χ1n) is 9.66. The normalized spacial score (nSPS) is 15.2. The number of benzene rings is 2. The van der Waals surface area contributed by atoms with Crippen LogP contribution in [-0.4, -0.2) is 18.3 Å². The van der Waals surface area contributed by atoms with Gasteiger partial charge in [0.25, 0.3) is 0 Å². The number of rotatable bonds is 7. The molecule has 144 valence electrons. The van der Waals surface area contributed by atoms with Crippen molar-refractivity contribution in [3.63, 3.8) is 0 Å². The van der Waals surface area contributed by atoms with Crippen molar-refractivity contribution in [2.75, 3.05) is 12.4 Å². The maximum atomic E-state index is 6.01. The van der Waals surface area contributed by atoms with E-state index in [-0.39, 0.29) is 6.04 Å². The number of hydrogen-bond acceptors (Lipinski definition) is 3. The summed E-state index contributed by atoms with van der Waals surface area (Å²) in [4.78, 5) is 0. The fourth-order valence-corrected chi connectivity index (χ4v) is 3.66. The van der Waals surface area contributed by atoms with Gasteiger partial charge in [0.1, 0.15) is 11.5 Å². The van der Waals surface area contributed by atoms with Gasteiger partial charge in [-0.05, 0) is 86.3 Å². The summed E-state index contributed by atoms with van der Waals surface area (Å²) in [5.74, 6) is 1.78. The van der Waals surface area contributed by atoms with Gasteiger partial charge in [0.2, 0.25) is 0 Å². The lowest BCUT2D eigenvalue weighted by Crippen LogP contribution is -2.32. The highest BCUT2D eigenvalue weighted by Crippen LogP contribution is 2.25. The Hall–Kier alpha value is -2.27. The van der Waals surface area contributed by atoms with Crippen molar-refractivity contribution in [1.82, 2.24) is 5.32 Å². The van der Waals surface area contributed by atoms with Gasteiger partial charge in [-0.15, -0.1) is 0 Å². The highest BCUT2D eigenvalue weighted by molar-refractivity contribution is 7.80. The molecule has 0 aliphatic heterocycles. The number of methoxy groups -OCH3 is 1. The molecule has 2 N–H and O–H groups in total. The average Bonchev–Trinajstić information content (AvgIpc) is 3.21. The standard InChI is InChI=1S/C22H28N2O2S/c1-3-21(16-8-12-18(25-2)13-9-16)24-22(27)23-17-10-14-20(15-11-17)26-19-6-4-5-7-19/h8-15,19,21H,3-7H2,1-2H3,(H2,23,24,27)/t21-/m1/s1. The zero-order valence-corrected chi connectivity index (χ0v) is 16.9. The Morgan fingerprint density at radius 1 is 1.04 bits per heavy atom. The van der Waals surface area contributed by atoms with Crippen molar-refractivity contribution in [2.45, 2.75) is 51.2 Å². The first kappa shape index (κ1) is 19.5. The third-order valence-electron chi connectivity index (χ3n) is 4.95. The van der Waals surface area contributed by atoms with E-state index in [4.69, 9.17) is 21.7 Å². The molecule has 0 unspecified atom stereocenters. The number of anilines is 1. The molecule has 1 fully saturated rings. The molecule has 2 aromatic carbocycles. The van der Waals surface area contributed by atoms with Gasteiger partial charge in [0.15, 0.2) is 5.11 Å². The fourth-order valence-electron chi connectivity index (χ4n) is 3.40. The lowest BCUT2D eigenvalue weighted by molar-refractivity contribution is 0.210. The second kappa shape index (κ2) is 9.60. The van der Waals surface area contributed by atoms with Crippen LogP contribution in [-0.2, 0) is 0 Å². The van der Waals surface area contributed by atoms with E-state index in [1.807, 2.05) is 36.4 Å². The van der Waals surface area contributed by atoms with Gasteiger partial charge in [-0.1, -0.05) is 19.1 Å². The van der Waals surface area contributed by atoms with Crippen LogP contribution in [0.2, 0.25) is 0 Å². The number of nitrogens with one attached hydrogen (secondary N) is 2. The highest BCUT2D eigenvalue weighted by Gasteiger charge is 2.16. The van der Waals surface area contributed by atoms with E-state index in [0.29, 0.717) is 11.2 Å². The second-order valence-electron chi connectivity index (χ2n) is 6.88. The molecule has 3 rings (SSSR count). The maximum absolute atomic E-state index is 6.01. The summed E-state index contributed by atoms with van der Waals surface area (Å²) in [6, 6.07) is 16.3. The Morgan fingerprint density at radius 3 is 2.26 bits per heavy atom. The predicted octanol–water partition coefficient (Wildman–Crippen LogP) is 5.45.